The van der Waals surface area contributed by atoms with Crippen molar-refractivity contribution in [1.29, 1.82) is 0 Å². The van der Waals surface area contributed by atoms with E-state index in [9.17, 15) is 9.59 Å². The second-order valence-corrected chi connectivity index (χ2v) is 9.04. The van der Waals surface area contributed by atoms with Gasteiger partial charge in [0.2, 0.25) is 11.1 Å². The van der Waals surface area contributed by atoms with E-state index in [2.05, 4.69) is 15.5 Å². The molecule has 0 spiro atoms. The second-order valence-electron chi connectivity index (χ2n) is 6.99. The molecule has 0 saturated carbocycles. The smallest absolute Gasteiger partial charge is 0.251 e. The number of nitrogen functional groups attached to an aromatic ring is 1. The number of hydrogen-bond donors (Lipinski definition) is 3. The minimum absolute atomic E-state index is 0.0576. The van der Waals surface area contributed by atoms with Crippen LogP contribution in [-0.4, -0.2) is 39.6 Å². The summed E-state index contributed by atoms with van der Waals surface area (Å²) in [6.45, 7) is 0. The van der Waals surface area contributed by atoms with Gasteiger partial charge in [-0.3, -0.25) is 9.59 Å². The Morgan fingerprint density at radius 3 is 2.81 bits per heavy atom. The van der Waals surface area contributed by atoms with Crippen molar-refractivity contribution in [3.8, 4) is 17.1 Å². The first-order chi connectivity index (χ1) is 15.0. The number of thiophene rings is 1. The maximum atomic E-state index is 12.6. The van der Waals surface area contributed by atoms with E-state index in [-0.39, 0.29) is 11.7 Å². The van der Waals surface area contributed by atoms with E-state index < -0.39 is 5.91 Å². The van der Waals surface area contributed by atoms with Crippen molar-refractivity contribution < 1.29 is 14.3 Å². The number of rotatable bonds is 7. The van der Waals surface area contributed by atoms with Crippen molar-refractivity contribution in [2.75, 3.05) is 24.0 Å². The van der Waals surface area contributed by atoms with Crippen LogP contribution in [0.25, 0.3) is 11.4 Å². The van der Waals surface area contributed by atoms with Crippen LogP contribution in [0.15, 0.2) is 29.4 Å². The van der Waals surface area contributed by atoms with Gasteiger partial charge in [-0.2, -0.15) is 0 Å². The van der Waals surface area contributed by atoms with E-state index in [1.807, 2.05) is 18.2 Å². The minimum atomic E-state index is -0.509. The fourth-order valence-electron chi connectivity index (χ4n) is 3.60. The van der Waals surface area contributed by atoms with Crippen molar-refractivity contribution in [3.05, 3.63) is 40.3 Å². The van der Waals surface area contributed by atoms with Crippen LogP contribution < -0.4 is 21.6 Å². The van der Waals surface area contributed by atoms with Gasteiger partial charge >= 0.3 is 0 Å². The number of nitrogens with zero attached hydrogens (tertiary/aromatic N) is 3. The Labute approximate surface area is 187 Å². The number of methoxy groups -OCH3 is 1. The van der Waals surface area contributed by atoms with E-state index in [1.165, 1.54) is 16.0 Å². The highest BCUT2D eigenvalue weighted by molar-refractivity contribution is 7.99. The Morgan fingerprint density at radius 2 is 2.03 bits per heavy atom. The van der Waals surface area contributed by atoms with Crippen LogP contribution in [0.4, 0.5) is 5.00 Å². The Hall–Kier alpha value is -3.05. The van der Waals surface area contributed by atoms with Gasteiger partial charge in [0.1, 0.15) is 10.8 Å². The Morgan fingerprint density at radius 1 is 1.26 bits per heavy atom. The number of primary amides is 1. The predicted molar refractivity (Wildman–Crippen MR) is 121 cm³/mol. The molecular weight excluding hydrogens is 436 g/mol. The number of carbonyl (C=O) groups excluding carboxylic acids is 2. The number of anilines is 1. The minimum Gasteiger partial charge on any atom is -0.496 e. The van der Waals surface area contributed by atoms with Crippen LogP contribution in [-0.2, 0) is 17.6 Å². The van der Waals surface area contributed by atoms with Gasteiger partial charge in [0.25, 0.3) is 5.91 Å². The normalized spacial score (nSPS) is 12.9. The monoisotopic (exact) mass is 458 g/mol. The third-order valence-electron chi connectivity index (χ3n) is 5.02. The molecule has 4 rings (SSSR count). The van der Waals surface area contributed by atoms with Crippen molar-refractivity contribution >= 4 is 39.9 Å². The van der Waals surface area contributed by atoms with Crippen LogP contribution in [0.5, 0.6) is 5.75 Å². The van der Waals surface area contributed by atoms with E-state index in [0.717, 1.165) is 47.9 Å². The lowest BCUT2D eigenvalue weighted by Gasteiger charge is -2.11. The topological polar surface area (TPSA) is 138 Å². The standard InChI is InChI=1S/C20H22N6O3S2/c1-29-13-8-4-2-6-11(13)18-24-25-20(26(18)22)30-10-15(27)23-19-16(17(21)28)12-7-3-5-9-14(12)31-19/h2,4,6,8H,3,5,7,9-10,22H2,1H3,(H2,21,28)(H,23,27). The Balaban J connectivity index is 1.46. The molecule has 0 atom stereocenters. The molecule has 3 aromatic rings. The number of nitrogens with one attached hydrogen (secondary N) is 1. The second kappa shape index (κ2) is 8.98. The van der Waals surface area contributed by atoms with Gasteiger partial charge in [-0.1, -0.05) is 23.9 Å². The quantitative estimate of drug-likeness (QED) is 0.365. The van der Waals surface area contributed by atoms with Gasteiger partial charge < -0.3 is 21.6 Å². The summed E-state index contributed by atoms with van der Waals surface area (Å²) in [6, 6.07) is 7.34. The molecule has 5 N–H and O–H groups in total. The van der Waals surface area contributed by atoms with Crippen molar-refractivity contribution in [2.45, 2.75) is 30.8 Å². The third kappa shape index (κ3) is 4.23. The van der Waals surface area contributed by atoms with Crippen LogP contribution in [0.1, 0.15) is 33.6 Å². The molecule has 162 valence electrons. The van der Waals surface area contributed by atoms with E-state index in [1.54, 1.807) is 13.2 Å². The number of aromatic nitrogens is 3. The molecule has 11 heteroatoms. The van der Waals surface area contributed by atoms with Gasteiger partial charge in [0, 0.05) is 4.88 Å². The number of aryl methyl sites for hydroxylation is 1. The van der Waals surface area contributed by atoms with Crippen molar-refractivity contribution in [3.63, 3.8) is 0 Å². The molecule has 1 aliphatic carbocycles. The number of ether oxygens (including phenoxy) is 1. The zero-order valence-electron chi connectivity index (χ0n) is 16.9. The number of amides is 2. The highest BCUT2D eigenvalue weighted by Crippen LogP contribution is 2.38. The fraction of sp³-hybridized carbons (Fsp3) is 0.300. The molecule has 1 aliphatic rings. The molecular formula is C20H22N6O3S2. The first kappa shape index (κ1) is 21.2. The summed E-state index contributed by atoms with van der Waals surface area (Å²) in [5.41, 5.74) is 7.71. The number of carbonyl (C=O) groups is 2. The Bertz CT molecular complexity index is 1140. The van der Waals surface area contributed by atoms with Gasteiger partial charge in [0.05, 0.1) is 24.0 Å². The molecule has 2 amide bonds. The summed E-state index contributed by atoms with van der Waals surface area (Å²) in [6.07, 6.45) is 3.83. The molecule has 0 unspecified atom stereocenters. The number of para-hydroxylation sites is 1. The average Bonchev–Trinajstić information content (AvgIpc) is 3.31. The highest BCUT2D eigenvalue weighted by Gasteiger charge is 2.25. The predicted octanol–water partition coefficient (Wildman–Crippen LogP) is 2.44. The lowest BCUT2D eigenvalue weighted by Crippen LogP contribution is -2.20. The number of fused-ring (bicyclic) bond motifs is 1. The lowest BCUT2D eigenvalue weighted by atomic mass is 9.95. The van der Waals surface area contributed by atoms with Crippen molar-refractivity contribution in [2.24, 2.45) is 5.73 Å². The van der Waals surface area contributed by atoms with Crippen molar-refractivity contribution in [1.82, 2.24) is 14.9 Å². The first-order valence-corrected chi connectivity index (χ1v) is 11.5. The van der Waals surface area contributed by atoms with Gasteiger partial charge in [0.15, 0.2) is 5.82 Å². The number of hydrogen-bond acceptors (Lipinski definition) is 8. The molecule has 9 nitrogen and oxygen atoms in total. The fourth-order valence-corrected chi connectivity index (χ4v) is 5.56. The Kier molecular flexibility index (Phi) is 6.14. The van der Waals surface area contributed by atoms with Gasteiger partial charge in [-0.25, -0.2) is 4.68 Å². The number of benzene rings is 1. The maximum absolute atomic E-state index is 12.6. The van der Waals surface area contributed by atoms with E-state index in [0.29, 0.717) is 32.9 Å². The zero-order valence-corrected chi connectivity index (χ0v) is 18.5. The highest BCUT2D eigenvalue weighted by atomic mass is 32.2. The average molecular weight is 459 g/mol. The van der Waals surface area contributed by atoms with E-state index >= 15 is 0 Å². The summed E-state index contributed by atoms with van der Waals surface area (Å²) in [4.78, 5) is 25.7. The van der Waals surface area contributed by atoms with E-state index in [4.69, 9.17) is 16.3 Å². The molecule has 2 heterocycles. The maximum Gasteiger partial charge on any atom is 0.251 e. The number of nitrogens with two attached hydrogens (primary N) is 2. The summed E-state index contributed by atoms with van der Waals surface area (Å²) in [5, 5.41) is 12.0. The van der Waals surface area contributed by atoms with Crippen LogP contribution >= 0.6 is 23.1 Å². The molecule has 0 fully saturated rings. The van der Waals surface area contributed by atoms with Gasteiger partial charge in [-0.15, -0.1) is 21.5 Å². The molecule has 0 aliphatic heterocycles. The zero-order chi connectivity index (χ0) is 22.0. The third-order valence-corrected chi connectivity index (χ3v) is 7.17. The van der Waals surface area contributed by atoms with Crippen LogP contribution in [0.3, 0.4) is 0 Å². The summed E-state index contributed by atoms with van der Waals surface area (Å²) in [7, 11) is 1.57. The molecule has 1 aromatic carbocycles. The summed E-state index contributed by atoms with van der Waals surface area (Å²) < 4.78 is 6.68. The first-order valence-electron chi connectivity index (χ1n) is 9.70. The number of thioether (sulfide) groups is 1. The van der Waals surface area contributed by atoms with Gasteiger partial charge in [-0.05, 0) is 43.4 Å². The molecule has 2 aromatic heterocycles. The largest absolute Gasteiger partial charge is 0.496 e. The SMILES string of the molecule is COc1ccccc1-c1nnc(SCC(=O)Nc2sc3c(c2C(N)=O)CCCC3)n1N. The molecule has 0 bridgehead atoms. The van der Waals surface area contributed by atoms with Crippen LogP contribution in [0.2, 0.25) is 0 Å². The molecule has 0 radical (unpaired) electrons. The lowest BCUT2D eigenvalue weighted by molar-refractivity contribution is -0.113. The van der Waals surface area contributed by atoms with Crippen LogP contribution in [0, 0.1) is 0 Å². The molecule has 0 saturated heterocycles. The molecule has 31 heavy (non-hydrogen) atoms. The summed E-state index contributed by atoms with van der Waals surface area (Å²) >= 11 is 2.59. The summed E-state index contributed by atoms with van der Waals surface area (Å²) in [5.74, 6) is 6.49.